The lowest BCUT2D eigenvalue weighted by Gasteiger charge is -2.15. The Labute approximate surface area is 209 Å². The maximum absolute atomic E-state index is 14.0. The highest BCUT2D eigenvalue weighted by Gasteiger charge is 2.17. The number of nitrogens with one attached hydrogen (secondary N) is 1. The highest BCUT2D eigenvalue weighted by molar-refractivity contribution is 9.10. The van der Waals surface area contributed by atoms with Crippen molar-refractivity contribution >= 4 is 39.3 Å². The number of allylic oxidation sites excluding steroid dienone is 1. The molecule has 34 heavy (non-hydrogen) atoms. The summed E-state index contributed by atoms with van der Waals surface area (Å²) in [7, 11) is 0. The minimum atomic E-state index is -0.864. The molecule has 1 heterocycles. The van der Waals surface area contributed by atoms with E-state index in [4.69, 9.17) is 4.74 Å². The first-order valence-corrected chi connectivity index (χ1v) is 12.3. The molecular weight excluding hydrogens is 526 g/mol. The topological polar surface area (TPSA) is 69.0 Å². The fraction of sp³-hybridized carbons (Fsp3) is 0.292. The van der Waals surface area contributed by atoms with Gasteiger partial charge in [0.2, 0.25) is 5.91 Å². The first kappa shape index (κ1) is 25.9. The molecule has 0 spiro atoms. The number of nitrogens with zero attached hydrogens (tertiary/aromatic N) is 3. The van der Waals surface area contributed by atoms with Crippen molar-refractivity contribution in [2.45, 2.75) is 45.0 Å². The molecule has 0 unspecified atom stereocenters. The van der Waals surface area contributed by atoms with Crippen molar-refractivity contribution in [3.8, 4) is 5.75 Å². The van der Waals surface area contributed by atoms with Crippen LogP contribution in [0.1, 0.15) is 36.7 Å². The molecule has 1 amide bonds. The number of rotatable bonds is 10. The summed E-state index contributed by atoms with van der Waals surface area (Å²) < 4.78 is 35.3. The zero-order valence-electron chi connectivity index (χ0n) is 19.1. The Morgan fingerprint density at radius 2 is 2.06 bits per heavy atom. The van der Waals surface area contributed by atoms with Crippen LogP contribution in [0, 0.1) is 18.6 Å². The number of ether oxygens (including phenoxy) is 1. The lowest BCUT2D eigenvalue weighted by Crippen LogP contribution is -2.16. The molecule has 0 fully saturated rings. The van der Waals surface area contributed by atoms with Gasteiger partial charge in [0.25, 0.3) is 0 Å². The Bertz CT molecular complexity index is 1180. The van der Waals surface area contributed by atoms with Crippen molar-refractivity contribution in [2.75, 3.05) is 11.1 Å². The number of carbonyl (C=O) groups excluding carboxylic acids is 1. The van der Waals surface area contributed by atoms with Crippen LogP contribution in [0.5, 0.6) is 5.75 Å². The van der Waals surface area contributed by atoms with Gasteiger partial charge in [0.15, 0.2) is 16.8 Å². The smallest absolute Gasteiger partial charge is 0.234 e. The number of halogens is 3. The average molecular weight is 551 g/mol. The molecular formula is C24H25BrF2N4O2S. The predicted octanol–water partition coefficient (Wildman–Crippen LogP) is 6.25. The molecule has 1 N–H and O–H groups in total. The van der Waals surface area contributed by atoms with Gasteiger partial charge in [-0.3, -0.25) is 9.36 Å². The van der Waals surface area contributed by atoms with Gasteiger partial charge in [-0.25, -0.2) is 8.78 Å². The largest absolute Gasteiger partial charge is 0.485 e. The second-order valence-corrected chi connectivity index (χ2v) is 9.66. The van der Waals surface area contributed by atoms with Crippen LogP contribution in [0.4, 0.5) is 14.5 Å². The van der Waals surface area contributed by atoms with Gasteiger partial charge in [0, 0.05) is 17.1 Å². The Morgan fingerprint density at radius 1 is 1.29 bits per heavy atom. The minimum Gasteiger partial charge on any atom is -0.485 e. The van der Waals surface area contributed by atoms with Gasteiger partial charge in [-0.1, -0.05) is 43.8 Å². The SMILES string of the molecule is C=CCn1c(COc2cc(C)ccc2C(C)C)nnc1SCC(=O)Nc1c(F)cc(F)cc1Br. The highest BCUT2D eigenvalue weighted by atomic mass is 79.9. The van der Waals surface area contributed by atoms with Gasteiger partial charge < -0.3 is 10.1 Å². The second kappa shape index (κ2) is 11.6. The molecule has 0 atom stereocenters. The first-order chi connectivity index (χ1) is 16.2. The molecule has 1 aromatic heterocycles. The number of benzene rings is 2. The Balaban J connectivity index is 1.69. The summed E-state index contributed by atoms with van der Waals surface area (Å²) in [6.45, 7) is 10.6. The summed E-state index contributed by atoms with van der Waals surface area (Å²) in [5, 5.41) is 11.4. The summed E-state index contributed by atoms with van der Waals surface area (Å²) in [6, 6.07) is 7.90. The highest BCUT2D eigenvalue weighted by Crippen LogP contribution is 2.29. The van der Waals surface area contributed by atoms with Crippen LogP contribution in [-0.2, 0) is 17.9 Å². The quantitative estimate of drug-likeness (QED) is 0.239. The van der Waals surface area contributed by atoms with Crippen LogP contribution in [0.15, 0.2) is 52.6 Å². The molecule has 180 valence electrons. The minimum absolute atomic E-state index is 0.0469. The van der Waals surface area contributed by atoms with E-state index in [1.54, 1.807) is 6.08 Å². The number of aryl methyl sites for hydroxylation is 1. The molecule has 6 nitrogen and oxygen atoms in total. The summed E-state index contributed by atoms with van der Waals surface area (Å²) in [6.07, 6.45) is 1.70. The number of aromatic nitrogens is 3. The van der Waals surface area contributed by atoms with Gasteiger partial charge >= 0.3 is 0 Å². The molecule has 0 saturated carbocycles. The fourth-order valence-corrected chi connectivity index (χ4v) is 4.47. The van der Waals surface area contributed by atoms with Crippen molar-refractivity contribution < 1.29 is 18.3 Å². The molecule has 0 saturated heterocycles. The number of thioether (sulfide) groups is 1. The predicted molar refractivity (Wildman–Crippen MR) is 133 cm³/mol. The van der Waals surface area contributed by atoms with Crippen molar-refractivity contribution in [3.05, 3.63) is 76.0 Å². The van der Waals surface area contributed by atoms with E-state index in [9.17, 15) is 13.6 Å². The summed E-state index contributed by atoms with van der Waals surface area (Å²) >= 11 is 4.20. The average Bonchev–Trinajstić information content (AvgIpc) is 3.15. The van der Waals surface area contributed by atoms with Gasteiger partial charge in [0.05, 0.1) is 11.4 Å². The van der Waals surface area contributed by atoms with E-state index in [0.717, 1.165) is 34.7 Å². The van der Waals surface area contributed by atoms with Crippen LogP contribution in [0.2, 0.25) is 0 Å². The zero-order chi connectivity index (χ0) is 24.8. The number of hydrogen-bond acceptors (Lipinski definition) is 5. The maximum atomic E-state index is 14.0. The lowest BCUT2D eigenvalue weighted by molar-refractivity contribution is -0.113. The van der Waals surface area contributed by atoms with Gasteiger partial charge in [-0.15, -0.1) is 16.8 Å². The van der Waals surface area contributed by atoms with E-state index in [1.165, 1.54) is 0 Å². The molecule has 0 bridgehead atoms. The molecule has 0 aliphatic heterocycles. The Hall–Kier alpha value is -2.72. The molecule has 0 aliphatic carbocycles. The Kier molecular flexibility index (Phi) is 8.84. The van der Waals surface area contributed by atoms with Gasteiger partial charge in [-0.2, -0.15) is 0 Å². The van der Waals surface area contributed by atoms with E-state index in [-0.39, 0.29) is 22.5 Å². The van der Waals surface area contributed by atoms with Crippen molar-refractivity contribution in [1.29, 1.82) is 0 Å². The standard InChI is InChI=1S/C24H25BrF2N4O2S/c1-5-8-31-21(12-33-20-9-15(4)6-7-17(20)14(2)3)29-30-24(31)34-13-22(32)28-23-18(25)10-16(26)11-19(23)27/h5-7,9-11,14H,1,8,12-13H2,2-4H3,(H,28,32). The van der Waals surface area contributed by atoms with Crippen LogP contribution < -0.4 is 10.1 Å². The third-order valence-corrected chi connectivity index (χ3v) is 6.45. The third-order valence-electron chi connectivity index (χ3n) is 4.86. The molecule has 2 aromatic carbocycles. The van der Waals surface area contributed by atoms with E-state index < -0.39 is 17.5 Å². The molecule has 3 rings (SSSR count). The van der Waals surface area contributed by atoms with Crippen LogP contribution in [0.25, 0.3) is 0 Å². The first-order valence-electron chi connectivity index (χ1n) is 10.5. The van der Waals surface area contributed by atoms with E-state index in [2.05, 4.69) is 64.0 Å². The van der Waals surface area contributed by atoms with Crippen molar-refractivity contribution in [2.24, 2.45) is 0 Å². The number of amides is 1. The lowest BCUT2D eigenvalue weighted by atomic mass is 10.0. The molecule has 0 radical (unpaired) electrons. The molecule has 0 aliphatic rings. The second-order valence-electron chi connectivity index (χ2n) is 7.86. The van der Waals surface area contributed by atoms with Crippen molar-refractivity contribution in [3.63, 3.8) is 0 Å². The number of hydrogen-bond donors (Lipinski definition) is 1. The summed E-state index contributed by atoms with van der Waals surface area (Å²) in [5.41, 5.74) is 2.08. The summed E-state index contributed by atoms with van der Waals surface area (Å²) in [4.78, 5) is 12.4. The molecule has 10 heteroatoms. The van der Waals surface area contributed by atoms with Gasteiger partial charge in [-0.05, 0) is 52.0 Å². The third kappa shape index (κ3) is 6.44. The zero-order valence-corrected chi connectivity index (χ0v) is 21.5. The van der Waals surface area contributed by atoms with Crippen LogP contribution in [-0.4, -0.2) is 26.4 Å². The van der Waals surface area contributed by atoms with Crippen molar-refractivity contribution in [1.82, 2.24) is 14.8 Å². The fourth-order valence-electron chi connectivity index (χ4n) is 3.20. The Morgan fingerprint density at radius 3 is 2.74 bits per heavy atom. The summed E-state index contributed by atoms with van der Waals surface area (Å²) in [5.74, 6) is -0.434. The normalized spacial score (nSPS) is 11.0. The monoisotopic (exact) mass is 550 g/mol. The molecule has 3 aromatic rings. The van der Waals surface area contributed by atoms with E-state index in [0.29, 0.717) is 29.5 Å². The van der Waals surface area contributed by atoms with Crippen LogP contribution >= 0.6 is 27.7 Å². The van der Waals surface area contributed by atoms with Crippen LogP contribution in [0.3, 0.4) is 0 Å². The number of carbonyl (C=O) groups is 1. The maximum Gasteiger partial charge on any atom is 0.234 e. The van der Waals surface area contributed by atoms with Gasteiger partial charge in [0.1, 0.15) is 18.2 Å². The number of anilines is 1. The van der Waals surface area contributed by atoms with E-state index in [1.807, 2.05) is 17.6 Å². The van der Waals surface area contributed by atoms with E-state index >= 15 is 0 Å².